The van der Waals surface area contributed by atoms with E-state index in [-0.39, 0.29) is 49.9 Å². The van der Waals surface area contributed by atoms with E-state index in [0.29, 0.717) is 49.4 Å². The third-order valence-electron chi connectivity index (χ3n) is 8.44. The average Bonchev–Trinajstić information content (AvgIpc) is 3.45. The van der Waals surface area contributed by atoms with Crippen LogP contribution in [0.1, 0.15) is 17.7 Å². The van der Waals surface area contributed by atoms with Crippen LogP contribution in [0.4, 0.5) is 24.7 Å². The van der Waals surface area contributed by atoms with Crippen LogP contribution < -0.4 is 19.9 Å². The molecule has 0 aliphatic carbocycles. The van der Waals surface area contributed by atoms with Crippen molar-refractivity contribution in [3.8, 4) is 6.01 Å². The lowest BCUT2D eigenvalue weighted by atomic mass is 10.0. The van der Waals surface area contributed by atoms with Gasteiger partial charge in [-0.3, -0.25) is 4.79 Å². The number of nitrogens with zero attached hydrogens (tertiary/aromatic N) is 6. The summed E-state index contributed by atoms with van der Waals surface area (Å²) in [6.45, 7) is 12.7. The fraction of sp³-hybridized carbons (Fsp3) is 0.419. The number of ether oxygens (including phenoxy) is 1. The number of carbonyl (C=O) groups excluding carboxylic acids is 1. The normalized spacial score (nSPS) is 21.7. The summed E-state index contributed by atoms with van der Waals surface area (Å²) in [6.07, 6.45) is -0.0538. The first-order chi connectivity index (χ1) is 21.2. The molecule has 0 unspecified atom stereocenters. The van der Waals surface area contributed by atoms with Gasteiger partial charge in [-0.15, -0.1) is 0 Å². The topological polar surface area (TPSA) is 78.2 Å². The van der Waals surface area contributed by atoms with Gasteiger partial charge < -0.3 is 29.6 Å². The Balaban J connectivity index is 1.34. The first-order valence-electron chi connectivity index (χ1n) is 14.5. The van der Waals surface area contributed by atoms with Crippen molar-refractivity contribution < 1.29 is 22.7 Å². The number of aromatic nitrogens is 2. The maximum atomic E-state index is 14.5. The molecule has 3 aromatic rings. The van der Waals surface area contributed by atoms with Crippen molar-refractivity contribution in [1.29, 1.82) is 0 Å². The van der Waals surface area contributed by atoms with Crippen LogP contribution in [-0.2, 0) is 17.8 Å². The van der Waals surface area contributed by atoms with Crippen LogP contribution in [0.25, 0.3) is 15.6 Å². The maximum absolute atomic E-state index is 14.5. The molecule has 2 fully saturated rings. The second-order valence-corrected chi connectivity index (χ2v) is 11.6. The van der Waals surface area contributed by atoms with Gasteiger partial charge >= 0.3 is 6.01 Å². The molecular formula is C31H31ClF3N7O2. The second-order valence-electron chi connectivity index (χ2n) is 11.3. The molecule has 44 heavy (non-hydrogen) atoms. The van der Waals surface area contributed by atoms with Gasteiger partial charge in [-0.2, -0.15) is 9.97 Å². The predicted octanol–water partition coefficient (Wildman–Crippen LogP) is 4.48. The van der Waals surface area contributed by atoms with E-state index >= 15 is 0 Å². The van der Waals surface area contributed by atoms with E-state index in [2.05, 4.69) is 21.6 Å². The summed E-state index contributed by atoms with van der Waals surface area (Å²) in [6, 6.07) is 8.13. The smallest absolute Gasteiger partial charge is 0.318 e. The molecule has 13 heteroatoms. The number of benzene rings is 2. The number of alkyl halides is 1. The predicted molar refractivity (Wildman–Crippen MR) is 162 cm³/mol. The molecule has 0 saturated carbocycles. The molecule has 6 rings (SSSR count). The third kappa shape index (κ3) is 5.86. The van der Waals surface area contributed by atoms with Crippen molar-refractivity contribution in [1.82, 2.24) is 20.2 Å². The van der Waals surface area contributed by atoms with Crippen LogP contribution in [0.3, 0.4) is 0 Å². The minimum Gasteiger partial charge on any atom is -0.462 e. The van der Waals surface area contributed by atoms with Gasteiger partial charge in [-0.05, 0) is 30.4 Å². The Morgan fingerprint density at radius 1 is 1.20 bits per heavy atom. The summed E-state index contributed by atoms with van der Waals surface area (Å²) < 4.78 is 48.0. The fourth-order valence-corrected chi connectivity index (χ4v) is 6.55. The highest BCUT2D eigenvalue weighted by atomic mass is 35.5. The standard InChI is InChI=1S/C31H31ClF3N7O2/c1-18(33)30(43)42-11-10-41(15-22(42)14-36-2)29-23-8-9-40(26-5-3-4-19-6-7-24(35)28(32)27(19)26)16-25(23)38-31(39-29)44-17-21-12-20(34)13-37-21/h3-7,20-22,37H,1,8-17H2/t20-,21+,22+/m1/s1. The van der Waals surface area contributed by atoms with Gasteiger partial charge in [-0.1, -0.05) is 36.4 Å². The first kappa shape index (κ1) is 30.0. The summed E-state index contributed by atoms with van der Waals surface area (Å²) in [4.78, 5) is 30.9. The number of hydrogen-bond donors (Lipinski definition) is 1. The third-order valence-corrected chi connectivity index (χ3v) is 8.81. The number of hydrogen-bond acceptors (Lipinski definition) is 7. The molecule has 1 aromatic heterocycles. The highest BCUT2D eigenvalue weighted by molar-refractivity contribution is 6.36. The van der Waals surface area contributed by atoms with Gasteiger partial charge in [0, 0.05) is 55.4 Å². The zero-order valence-corrected chi connectivity index (χ0v) is 24.7. The first-order valence-corrected chi connectivity index (χ1v) is 14.9. The zero-order valence-electron chi connectivity index (χ0n) is 23.9. The molecule has 2 aromatic carbocycles. The monoisotopic (exact) mass is 625 g/mol. The molecule has 3 aliphatic rings. The molecular weight excluding hydrogens is 595 g/mol. The summed E-state index contributed by atoms with van der Waals surface area (Å²) in [5.41, 5.74) is 2.38. The average molecular weight is 626 g/mol. The van der Waals surface area contributed by atoms with Gasteiger partial charge in [0.05, 0.1) is 17.3 Å². The van der Waals surface area contributed by atoms with E-state index in [0.717, 1.165) is 16.6 Å². The lowest BCUT2D eigenvalue weighted by molar-refractivity contribution is -0.131. The van der Waals surface area contributed by atoms with Crippen molar-refractivity contribution >= 4 is 39.8 Å². The Bertz CT molecular complexity index is 1650. The van der Waals surface area contributed by atoms with E-state index in [4.69, 9.17) is 32.9 Å². The fourth-order valence-electron chi connectivity index (χ4n) is 6.28. The Hall–Kier alpha value is -4.08. The molecule has 9 nitrogen and oxygen atoms in total. The van der Waals surface area contributed by atoms with Gasteiger partial charge in [0.15, 0.2) is 5.83 Å². The molecule has 4 heterocycles. The van der Waals surface area contributed by atoms with Crippen molar-refractivity contribution in [2.75, 3.05) is 55.7 Å². The van der Waals surface area contributed by atoms with Crippen molar-refractivity contribution in [2.45, 2.75) is 37.6 Å². The van der Waals surface area contributed by atoms with Crippen LogP contribution >= 0.6 is 11.6 Å². The molecule has 2 saturated heterocycles. The second kappa shape index (κ2) is 12.5. The quantitative estimate of drug-likeness (QED) is 0.306. The van der Waals surface area contributed by atoms with E-state index in [9.17, 15) is 18.0 Å². The number of anilines is 2. The molecule has 0 spiro atoms. The Kier molecular flexibility index (Phi) is 8.51. The summed E-state index contributed by atoms with van der Waals surface area (Å²) in [7, 11) is 0. The number of fused-ring (bicyclic) bond motifs is 2. The molecule has 230 valence electrons. The number of amides is 1. The molecule has 0 bridgehead atoms. The molecule has 0 radical (unpaired) electrons. The Morgan fingerprint density at radius 3 is 2.80 bits per heavy atom. The van der Waals surface area contributed by atoms with Gasteiger partial charge in [-0.25, -0.2) is 19.7 Å². The van der Waals surface area contributed by atoms with E-state index in [1.807, 2.05) is 23.1 Å². The Morgan fingerprint density at radius 2 is 2.05 bits per heavy atom. The van der Waals surface area contributed by atoms with E-state index < -0.39 is 29.8 Å². The summed E-state index contributed by atoms with van der Waals surface area (Å²) >= 11 is 6.44. The van der Waals surface area contributed by atoms with E-state index in [1.54, 1.807) is 6.07 Å². The largest absolute Gasteiger partial charge is 0.462 e. The number of halogens is 4. The number of carbonyl (C=O) groups is 1. The summed E-state index contributed by atoms with van der Waals surface area (Å²) in [5, 5.41) is 4.59. The zero-order chi connectivity index (χ0) is 31.0. The van der Waals surface area contributed by atoms with Crippen molar-refractivity contribution in [2.24, 2.45) is 0 Å². The van der Waals surface area contributed by atoms with Crippen LogP contribution in [0.5, 0.6) is 6.01 Å². The maximum Gasteiger partial charge on any atom is 0.318 e. The van der Waals surface area contributed by atoms with Crippen LogP contribution in [0.15, 0.2) is 42.7 Å². The Labute approximate surface area is 258 Å². The van der Waals surface area contributed by atoms with E-state index in [1.165, 1.54) is 11.0 Å². The minimum absolute atomic E-state index is 0.00389. The number of rotatable bonds is 7. The highest BCUT2D eigenvalue weighted by Gasteiger charge is 2.36. The lowest BCUT2D eigenvalue weighted by Crippen LogP contribution is -2.57. The highest BCUT2D eigenvalue weighted by Crippen LogP contribution is 2.38. The van der Waals surface area contributed by atoms with Crippen LogP contribution in [0.2, 0.25) is 5.02 Å². The van der Waals surface area contributed by atoms with Crippen molar-refractivity contribution in [3.05, 3.63) is 76.3 Å². The lowest BCUT2D eigenvalue weighted by Gasteiger charge is -2.41. The van der Waals surface area contributed by atoms with Gasteiger partial charge in [0.1, 0.15) is 30.5 Å². The SMILES string of the molecule is [C-]#[N+]C[C@H]1CN(c2nc(OC[C@@H]3C[C@@H](F)CN3)nc3c2CCN(c2cccc4ccc(F)c(Cl)c24)C3)CCN1C(=O)C(=C)F. The van der Waals surface area contributed by atoms with Crippen molar-refractivity contribution in [3.63, 3.8) is 0 Å². The van der Waals surface area contributed by atoms with Crippen LogP contribution in [-0.4, -0.2) is 84.9 Å². The molecule has 3 atom stereocenters. The number of nitrogens with one attached hydrogen (secondary N) is 1. The molecule has 1 N–H and O–H groups in total. The van der Waals surface area contributed by atoms with Gasteiger partial charge in [0.25, 0.3) is 5.91 Å². The van der Waals surface area contributed by atoms with Gasteiger partial charge in [0.2, 0.25) is 6.54 Å². The number of piperazine rings is 1. The van der Waals surface area contributed by atoms with Crippen LogP contribution in [0, 0.1) is 12.4 Å². The summed E-state index contributed by atoms with van der Waals surface area (Å²) in [5.74, 6) is -1.75. The molecule has 3 aliphatic heterocycles. The minimum atomic E-state index is -1.06. The molecule has 1 amide bonds.